The molecule has 4 heterocycles. The van der Waals surface area contributed by atoms with E-state index in [1.807, 2.05) is 12.1 Å². The summed E-state index contributed by atoms with van der Waals surface area (Å²) in [6.45, 7) is 11.8. The molecule has 1 unspecified atom stereocenters. The van der Waals surface area contributed by atoms with E-state index < -0.39 is 15.9 Å². The summed E-state index contributed by atoms with van der Waals surface area (Å²) in [6, 6.07) is 12.9. The molecule has 0 saturated carbocycles. The highest BCUT2D eigenvalue weighted by atomic mass is 32.2. The zero-order chi connectivity index (χ0) is 28.4. The van der Waals surface area contributed by atoms with E-state index in [9.17, 15) is 13.2 Å². The van der Waals surface area contributed by atoms with Crippen LogP contribution in [0.5, 0.6) is 5.88 Å². The van der Waals surface area contributed by atoms with Crippen molar-refractivity contribution in [3.8, 4) is 17.3 Å². The molecule has 3 aromatic rings. The van der Waals surface area contributed by atoms with Gasteiger partial charge in [-0.2, -0.15) is 8.42 Å². The molecule has 208 valence electrons. The number of hydrogen-bond donors (Lipinski definition) is 2. The van der Waals surface area contributed by atoms with Crippen molar-refractivity contribution in [1.29, 1.82) is 0 Å². The van der Waals surface area contributed by atoms with Gasteiger partial charge in [0, 0.05) is 18.2 Å². The van der Waals surface area contributed by atoms with Gasteiger partial charge in [-0.1, -0.05) is 32.9 Å². The first-order valence-corrected chi connectivity index (χ1v) is 14.6. The number of hydrogen-bond acceptors (Lipinski definition) is 9. The van der Waals surface area contributed by atoms with Gasteiger partial charge >= 0.3 is 0 Å². The molecule has 1 aliphatic rings. The molecule has 0 spiro atoms. The minimum atomic E-state index is -4.26. The fraction of sp³-hybridized carbons (Fsp3) is 0.429. The molecule has 11 heteroatoms. The second-order valence-corrected chi connectivity index (χ2v) is 12.4. The smallest absolute Gasteiger partial charge is 0.281 e. The van der Waals surface area contributed by atoms with Gasteiger partial charge in [0.25, 0.3) is 15.9 Å². The number of pyridine rings is 3. The van der Waals surface area contributed by atoms with Crippen LogP contribution in [-0.4, -0.2) is 48.0 Å². The quantitative estimate of drug-likeness (QED) is 0.398. The highest BCUT2D eigenvalue weighted by Gasteiger charge is 2.41. The highest BCUT2D eigenvalue weighted by Crippen LogP contribution is 2.39. The SMILES string of the molecule is CC(C)CCOc1cccc(-c2ccc(C(=O)NS(=O)(=O)c3cccc(N)n3)c(N3CCC(C)C3(C)C)n2)n1. The van der Waals surface area contributed by atoms with E-state index in [1.165, 1.54) is 18.2 Å². The van der Waals surface area contributed by atoms with Gasteiger partial charge in [-0.05, 0) is 68.9 Å². The van der Waals surface area contributed by atoms with E-state index in [2.05, 4.69) is 54.2 Å². The number of aromatic nitrogens is 3. The van der Waals surface area contributed by atoms with Gasteiger partial charge in [0.1, 0.15) is 11.6 Å². The maximum absolute atomic E-state index is 13.4. The number of carbonyl (C=O) groups is 1. The monoisotopic (exact) mass is 552 g/mol. The third-order valence-electron chi connectivity index (χ3n) is 7.24. The predicted molar refractivity (Wildman–Crippen MR) is 151 cm³/mol. The van der Waals surface area contributed by atoms with Crippen molar-refractivity contribution in [2.75, 3.05) is 23.8 Å². The zero-order valence-corrected chi connectivity index (χ0v) is 23.8. The molecule has 1 aliphatic heterocycles. The van der Waals surface area contributed by atoms with Crippen LogP contribution in [0.1, 0.15) is 57.8 Å². The summed E-state index contributed by atoms with van der Waals surface area (Å²) in [6.07, 6.45) is 1.82. The number of rotatable bonds is 9. The van der Waals surface area contributed by atoms with Crippen LogP contribution in [0.3, 0.4) is 0 Å². The van der Waals surface area contributed by atoms with Crippen LogP contribution in [0.2, 0.25) is 0 Å². The summed E-state index contributed by atoms with van der Waals surface area (Å²) < 4.78 is 33.8. The first kappa shape index (κ1) is 28.3. The fourth-order valence-corrected chi connectivity index (χ4v) is 5.37. The Bertz CT molecular complexity index is 1460. The summed E-state index contributed by atoms with van der Waals surface area (Å²) in [5, 5.41) is -0.337. The Balaban J connectivity index is 1.71. The van der Waals surface area contributed by atoms with Gasteiger partial charge < -0.3 is 15.4 Å². The normalized spacial score (nSPS) is 16.9. The van der Waals surface area contributed by atoms with E-state index in [0.29, 0.717) is 48.1 Å². The molecule has 1 fully saturated rings. The Morgan fingerprint density at radius 3 is 2.49 bits per heavy atom. The molecular formula is C28H36N6O4S. The second-order valence-electron chi connectivity index (χ2n) is 10.8. The Morgan fingerprint density at radius 1 is 1.10 bits per heavy atom. The Labute approximate surface area is 230 Å². The maximum atomic E-state index is 13.4. The van der Waals surface area contributed by atoms with Crippen LogP contribution in [0.15, 0.2) is 53.6 Å². The topological polar surface area (TPSA) is 140 Å². The number of ether oxygens (including phenoxy) is 1. The van der Waals surface area contributed by atoms with Crippen LogP contribution >= 0.6 is 0 Å². The van der Waals surface area contributed by atoms with Crippen LogP contribution in [0, 0.1) is 11.8 Å². The van der Waals surface area contributed by atoms with Gasteiger partial charge in [0.15, 0.2) is 5.03 Å². The molecule has 1 saturated heterocycles. The van der Waals surface area contributed by atoms with Crippen molar-refractivity contribution in [2.45, 2.75) is 58.0 Å². The van der Waals surface area contributed by atoms with Crippen LogP contribution < -0.4 is 20.1 Å². The van der Waals surface area contributed by atoms with Gasteiger partial charge in [-0.15, -0.1) is 0 Å². The number of nitrogens with zero attached hydrogens (tertiary/aromatic N) is 4. The molecular weight excluding hydrogens is 516 g/mol. The Kier molecular flexibility index (Phi) is 8.10. The molecule has 4 rings (SSSR count). The van der Waals surface area contributed by atoms with Crippen molar-refractivity contribution in [3.63, 3.8) is 0 Å². The number of nitrogens with one attached hydrogen (secondary N) is 1. The minimum absolute atomic E-state index is 0.0350. The first-order chi connectivity index (χ1) is 18.4. The zero-order valence-electron chi connectivity index (χ0n) is 23.0. The average molecular weight is 553 g/mol. The molecule has 1 amide bonds. The average Bonchev–Trinajstić information content (AvgIpc) is 3.15. The lowest BCUT2D eigenvalue weighted by Gasteiger charge is -2.36. The molecule has 1 atom stereocenters. The highest BCUT2D eigenvalue weighted by molar-refractivity contribution is 7.90. The number of sulfonamides is 1. The van der Waals surface area contributed by atoms with E-state index in [-0.39, 0.29) is 21.9 Å². The third-order valence-corrected chi connectivity index (χ3v) is 8.47. The molecule has 0 aromatic carbocycles. The predicted octanol–water partition coefficient (Wildman–Crippen LogP) is 4.29. The fourth-order valence-electron chi connectivity index (χ4n) is 4.43. The molecule has 0 bridgehead atoms. The lowest BCUT2D eigenvalue weighted by atomic mass is 9.90. The molecule has 0 radical (unpaired) electrons. The molecule has 10 nitrogen and oxygen atoms in total. The molecule has 39 heavy (non-hydrogen) atoms. The van der Waals surface area contributed by atoms with E-state index in [1.54, 1.807) is 18.2 Å². The van der Waals surface area contributed by atoms with Crippen molar-refractivity contribution in [1.82, 2.24) is 19.7 Å². The number of amides is 1. The Hall–Kier alpha value is -3.73. The minimum Gasteiger partial charge on any atom is -0.478 e. The van der Waals surface area contributed by atoms with E-state index in [0.717, 1.165) is 12.8 Å². The molecule has 0 aliphatic carbocycles. The standard InChI is InChI=1S/C28H36N6O4S/c1-18(2)15-17-38-24-10-6-8-21(30-24)22-13-12-20(26(31-22)34-16-14-19(3)28(34,4)5)27(35)33-39(36,37)25-11-7-9-23(29)32-25/h6-13,18-19H,14-17H2,1-5H3,(H2,29,32)(H,33,35). The van der Waals surface area contributed by atoms with Crippen LogP contribution in [0.25, 0.3) is 11.4 Å². The summed E-state index contributed by atoms with van der Waals surface area (Å²) in [5.41, 5.74) is 6.61. The van der Waals surface area contributed by atoms with Crippen molar-refractivity contribution in [2.24, 2.45) is 11.8 Å². The lowest BCUT2D eigenvalue weighted by Crippen LogP contribution is -2.43. The van der Waals surface area contributed by atoms with E-state index >= 15 is 0 Å². The summed E-state index contributed by atoms with van der Waals surface area (Å²) >= 11 is 0. The molecule has 3 aromatic heterocycles. The molecule has 3 N–H and O–H groups in total. The van der Waals surface area contributed by atoms with Gasteiger partial charge in [0.2, 0.25) is 5.88 Å². The summed E-state index contributed by atoms with van der Waals surface area (Å²) in [5.74, 6) is 0.961. The van der Waals surface area contributed by atoms with Crippen LogP contribution in [0.4, 0.5) is 11.6 Å². The summed E-state index contributed by atoms with van der Waals surface area (Å²) in [7, 11) is -4.26. The van der Waals surface area contributed by atoms with Crippen molar-refractivity contribution < 1.29 is 17.9 Å². The van der Waals surface area contributed by atoms with E-state index in [4.69, 9.17) is 15.5 Å². The van der Waals surface area contributed by atoms with Crippen molar-refractivity contribution >= 4 is 27.6 Å². The second kappa shape index (κ2) is 11.2. The first-order valence-electron chi connectivity index (χ1n) is 13.1. The van der Waals surface area contributed by atoms with Crippen LogP contribution in [-0.2, 0) is 10.0 Å². The number of nitrogens with two attached hydrogens (primary N) is 1. The summed E-state index contributed by atoms with van der Waals surface area (Å²) in [4.78, 5) is 28.8. The maximum Gasteiger partial charge on any atom is 0.281 e. The van der Waals surface area contributed by atoms with Gasteiger partial charge in [-0.25, -0.2) is 19.7 Å². The van der Waals surface area contributed by atoms with Gasteiger partial charge in [0.05, 0.1) is 23.6 Å². The Morgan fingerprint density at radius 2 is 1.82 bits per heavy atom. The van der Waals surface area contributed by atoms with Crippen molar-refractivity contribution in [3.05, 3.63) is 54.1 Å². The number of carbonyl (C=O) groups excluding carboxylic acids is 1. The van der Waals surface area contributed by atoms with Gasteiger partial charge in [-0.3, -0.25) is 4.79 Å². The number of anilines is 2. The largest absolute Gasteiger partial charge is 0.478 e. The third kappa shape index (κ3) is 6.30. The number of nitrogen functional groups attached to an aromatic ring is 1. The lowest BCUT2D eigenvalue weighted by molar-refractivity contribution is 0.0981.